The fourth-order valence-corrected chi connectivity index (χ4v) is 2.00. The molecule has 1 aliphatic heterocycles. The van der Waals surface area contributed by atoms with Gasteiger partial charge in [-0.1, -0.05) is 12.7 Å². The van der Waals surface area contributed by atoms with Crippen LogP contribution in [0.5, 0.6) is 5.75 Å². The Kier molecular flexibility index (Phi) is 5.86. The highest BCUT2D eigenvalue weighted by Crippen LogP contribution is 2.16. The summed E-state index contributed by atoms with van der Waals surface area (Å²) in [5.74, 6) is 0.780. The fourth-order valence-electron chi connectivity index (χ4n) is 2.00. The molecule has 5 heteroatoms. The predicted molar refractivity (Wildman–Crippen MR) is 77.9 cm³/mol. The zero-order valence-corrected chi connectivity index (χ0v) is 11.6. The number of halogens is 1. The van der Waals surface area contributed by atoms with E-state index in [2.05, 4.69) is 6.58 Å². The highest BCUT2D eigenvalue weighted by Gasteiger charge is 2.24. The van der Waals surface area contributed by atoms with Crippen molar-refractivity contribution in [3.63, 3.8) is 0 Å². The van der Waals surface area contributed by atoms with Crippen LogP contribution in [0.3, 0.4) is 0 Å². The molecule has 1 atom stereocenters. The van der Waals surface area contributed by atoms with Crippen LogP contribution in [0.15, 0.2) is 36.9 Å². The number of amides is 1. The largest absolute Gasteiger partial charge is 0.490 e. The summed E-state index contributed by atoms with van der Waals surface area (Å²) in [6.07, 6.45) is 2.57. The molecule has 1 fully saturated rings. The molecule has 2 N–H and O–H groups in total. The standard InChI is InChI=1S/C14H18N2O2.ClH/c1-2-9-18-13-5-3-11(4-6-13)14(17)16-8-7-12(15)10-16;/h2-6,12H,1,7-10,15H2;1H/t12-;/m1./s1. The second kappa shape index (κ2) is 7.16. The average molecular weight is 283 g/mol. The van der Waals surface area contributed by atoms with Crippen molar-refractivity contribution in [3.05, 3.63) is 42.5 Å². The van der Waals surface area contributed by atoms with Crippen molar-refractivity contribution in [3.8, 4) is 5.75 Å². The van der Waals surface area contributed by atoms with Crippen LogP contribution in [0.1, 0.15) is 16.8 Å². The first-order valence-corrected chi connectivity index (χ1v) is 6.09. The van der Waals surface area contributed by atoms with Crippen molar-refractivity contribution in [2.45, 2.75) is 12.5 Å². The molecule has 0 saturated carbocycles. The van der Waals surface area contributed by atoms with Gasteiger partial charge in [0, 0.05) is 24.7 Å². The number of hydrogen-bond donors (Lipinski definition) is 1. The van der Waals surface area contributed by atoms with Gasteiger partial charge in [0.15, 0.2) is 0 Å². The maximum atomic E-state index is 12.1. The number of nitrogens with two attached hydrogens (primary N) is 1. The van der Waals surface area contributed by atoms with Crippen LogP contribution in [0.4, 0.5) is 0 Å². The molecule has 2 rings (SSSR count). The van der Waals surface area contributed by atoms with E-state index in [1.54, 1.807) is 35.2 Å². The highest BCUT2D eigenvalue weighted by molar-refractivity contribution is 5.94. The third kappa shape index (κ3) is 3.98. The second-order valence-corrected chi connectivity index (χ2v) is 4.42. The number of benzene rings is 1. The molecule has 1 amide bonds. The van der Waals surface area contributed by atoms with E-state index >= 15 is 0 Å². The predicted octanol–water partition coefficient (Wildman–Crippen LogP) is 1.85. The number of nitrogens with zero attached hydrogens (tertiary/aromatic N) is 1. The van der Waals surface area contributed by atoms with Crippen LogP contribution < -0.4 is 10.5 Å². The van der Waals surface area contributed by atoms with Crippen LogP contribution >= 0.6 is 12.4 Å². The first kappa shape index (κ1) is 15.5. The Morgan fingerprint density at radius 2 is 2.16 bits per heavy atom. The van der Waals surface area contributed by atoms with Crippen molar-refractivity contribution >= 4 is 18.3 Å². The minimum absolute atomic E-state index is 0. The smallest absolute Gasteiger partial charge is 0.253 e. The Bertz CT molecular complexity index is 434. The molecule has 19 heavy (non-hydrogen) atoms. The Morgan fingerprint density at radius 1 is 1.47 bits per heavy atom. The summed E-state index contributed by atoms with van der Waals surface area (Å²) < 4.78 is 5.37. The van der Waals surface area contributed by atoms with Crippen molar-refractivity contribution in [2.75, 3.05) is 19.7 Å². The summed E-state index contributed by atoms with van der Waals surface area (Å²) in [4.78, 5) is 13.9. The molecule has 0 spiro atoms. The van der Waals surface area contributed by atoms with Crippen LogP contribution in [-0.2, 0) is 0 Å². The lowest BCUT2D eigenvalue weighted by Crippen LogP contribution is -2.31. The monoisotopic (exact) mass is 282 g/mol. The lowest BCUT2D eigenvalue weighted by Gasteiger charge is -2.15. The number of ether oxygens (including phenoxy) is 1. The minimum atomic E-state index is 0. The van der Waals surface area contributed by atoms with Gasteiger partial charge in [0.2, 0.25) is 0 Å². The molecule has 1 saturated heterocycles. The summed E-state index contributed by atoms with van der Waals surface area (Å²) in [7, 11) is 0. The molecule has 0 aromatic heterocycles. The number of hydrogen-bond acceptors (Lipinski definition) is 3. The summed E-state index contributed by atoms with van der Waals surface area (Å²) >= 11 is 0. The van der Waals surface area contributed by atoms with Gasteiger partial charge in [0.25, 0.3) is 5.91 Å². The first-order chi connectivity index (χ1) is 8.70. The van der Waals surface area contributed by atoms with Crippen molar-refractivity contribution in [1.29, 1.82) is 0 Å². The lowest BCUT2D eigenvalue weighted by molar-refractivity contribution is 0.0791. The molecular weight excluding hydrogens is 264 g/mol. The van der Waals surface area contributed by atoms with Crippen molar-refractivity contribution in [1.82, 2.24) is 4.90 Å². The van der Waals surface area contributed by atoms with E-state index in [1.807, 2.05) is 0 Å². The van der Waals surface area contributed by atoms with E-state index in [-0.39, 0.29) is 24.4 Å². The van der Waals surface area contributed by atoms with E-state index in [0.717, 1.165) is 18.7 Å². The Morgan fingerprint density at radius 3 is 2.68 bits per heavy atom. The summed E-state index contributed by atoms with van der Waals surface area (Å²) in [5, 5.41) is 0. The summed E-state index contributed by atoms with van der Waals surface area (Å²) in [6.45, 7) is 5.44. The molecule has 0 radical (unpaired) electrons. The van der Waals surface area contributed by atoms with Crippen LogP contribution in [0, 0.1) is 0 Å². The van der Waals surface area contributed by atoms with Gasteiger partial charge in [-0.25, -0.2) is 0 Å². The fraction of sp³-hybridized carbons (Fsp3) is 0.357. The normalized spacial score (nSPS) is 17.7. The van der Waals surface area contributed by atoms with Crippen LogP contribution in [0.2, 0.25) is 0 Å². The van der Waals surface area contributed by atoms with Gasteiger partial charge in [0.05, 0.1) is 0 Å². The number of carbonyl (C=O) groups excluding carboxylic acids is 1. The Balaban J connectivity index is 0.00000180. The van der Waals surface area contributed by atoms with Gasteiger partial charge >= 0.3 is 0 Å². The average Bonchev–Trinajstić information content (AvgIpc) is 2.83. The molecule has 1 aromatic carbocycles. The van der Waals surface area contributed by atoms with E-state index in [1.165, 1.54) is 0 Å². The zero-order chi connectivity index (χ0) is 13.0. The molecule has 0 aliphatic carbocycles. The first-order valence-electron chi connectivity index (χ1n) is 6.09. The van der Waals surface area contributed by atoms with Crippen molar-refractivity contribution < 1.29 is 9.53 Å². The molecular formula is C14H19ClN2O2. The maximum Gasteiger partial charge on any atom is 0.253 e. The van der Waals surface area contributed by atoms with Gasteiger partial charge in [-0.05, 0) is 30.7 Å². The van der Waals surface area contributed by atoms with Crippen molar-refractivity contribution in [2.24, 2.45) is 5.73 Å². The molecule has 4 nitrogen and oxygen atoms in total. The van der Waals surface area contributed by atoms with Crippen LogP contribution in [0.25, 0.3) is 0 Å². The topological polar surface area (TPSA) is 55.6 Å². The number of likely N-dealkylation sites (tertiary alicyclic amines) is 1. The van der Waals surface area contributed by atoms with E-state index < -0.39 is 0 Å². The second-order valence-electron chi connectivity index (χ2n) is 4.42. The lowest BCUT2D eigenvalue weighted by atomic mass is 10.2. The van der Waals surface area contributed by atoms with Crippen LogP contribution in [-0.4, -0.2) is 36.5 Å². The molecule has 104 valence electrons. The third-order valence-corrected chi connectivity index (χ3v) is 2.98. The number of carbonyl (C=O) groups is 1. The quantitative estimate of drug-likeness (QED) is 0.858. The molecule has 1 aromatic rings. The van der Waals surface area contributed by atoms with E-state index in [9.17, 15) is 4.79 Å². The van der Waals surface area contributed by atoms with Gasteiger partial charge in [0.1, 0.15) is 12.4 Å². The van der Waals surface area contributed by atoms with Gasteiger partial charge in [-0.15, -0.1) is 12.4 Å². The molecule has 1 aliphatic rings. The van der Waals surface area contributed by atoms with Gasteiger partial charge in [-0.3, -0.25) is 4.79 Å². The third-order valence-electron chi connectivity index (χ3n) is 2.98. The Labute approximate surface area is 119 Å². The Hall–Kier alpha value is -1.52. The molecule has 0 unspecified atom stereocenters. The molecule has 1 heterocycles. The summed E-state index contributed by atoms with van der Waals surface area (Å²) in [6, 6.07) is 7.28. The van der Waals surface area contributed by atoms with Gasteiger partial charge < -0.3 is 15.4 Å². The van der Waals surface area contributed by atoms with E-state index in [0.29, 0.717) is 18.7 Å². The SMILES string of the molecule is C=CCOc1ccc(C(=O)N2CC[C@@H](N)C2)cc1.Cl. The minimum Gasteiger partial charge on any atom is -0.490 e. The number of rotatable bonds is 4. The molecule has 0 bridgehead atoms. The highest BCUT2D eigenvalue weighted by atomic mass is 35.5. The van der Waals surface area contributed by atoms with Gasteiger partial charge in [-0.2, -0.15) is 0 Å². The van der Waals surface area contributed by atoms with E-state index in [4.69, 9.17) is 10.5 Å². The maximum absolute atomic E-state index is 12.1. The zero-order valence-electron chi connectivity index (χ0n) is 10.7. The summed E-state index contributed by atoms with van der Waals surface area (Å²) in [5.41, 5.74) is 6.47.